The molecule has 204 valence electrons. The number of ether oxygens (including phenoxy) is 2. The first-order chi connectivity index (χ1) is 18.9. The third kappa shape index (κ3) is 5.69. The average Bonchev–Trinajstić information content (AvgIpc) is 3.61. The van der Waals surface area contributed by atoms with Crippen molar-refractivity contribution in [2.75, 3.05) is 26.8 Å². The molecule has 3 amide bonds. The second kappa shape index (κ2) is 11.6. The third-order valence-electron chi connectivity index (χ3n) is 7.58. The first-order valence-corrected chi connectivity index (χ1v) is 14.1. The van der Waals surface area contributed by atoms with Crippen molar-refractivity contribution in [3.8, 4) is 5.75 Å². The number of carbonyl (C=O) groups is 3. The van der Waals surface area contributed by atoms with Gasteiger partial charge in [-0.15, -0.1) is 11.3 Å². The number of rotatable bonds is 7. The van der Waals surface area contributed by atoms with Crippen LogP contribution >= 0.6 is 11.3 Å². The van der Waals surface area contributed by atoms with Crippen LogP contribution in [0.4, 0.5) is 0 Å². The van der Waals surface area contributed by atoms with E-state index in [1.165, 1.54) is 0 Å². The maximum absolute atomic E-state index is 14.0. The summed E-state index contributed by atoms with van der Waals surface area (Å²) in [5.41, 5.74) is 0.463. The Morgan fingerprint density at radius 1 is 1.05 bits per heavy atom. The van der Waals surface area contributed by atoms with Gasteiger partial charge in [0.25, 0.3) is 5.91 Å². The Morgan fingerprint density at radius 3 is 2.41 bits per heavy atom. The van der Waals surface area contributed by atoms with Crippen LogP contribution in [0.5, 0.6) is 5.75 Å². The summed E-state index contributed by atoms with van der Waals surface area (Å²) in [6, 6.07) is 19.5. The molecule has 3 aromatic rings. The number of amides is 3. The molecule has 39 heavy (non-hydrogen) atoms. The molecule has 2 unspecified atom stereocenters. The smallest absolute Gasteiger partial charge is 0.256 e. The van der Waals surface area contributed by atoms with Crippen molar-refractivity contribution in [2.45, 2.75) is 44.0 Å². The zero-order valence-corrected chi connectivity index (χ0v) is 23.0. The number of benzene rings is 2. The van der Waals surface area contributed by atoms with Crippen molar-refractivity contribution in [3.05, 3.63) is 88.1 Å². The van der Waals surface area contributed by atoms with Crippen LogP contribution in [0.25, 0.3) is 0 Å². The Kier molecular flexibility index (Phi) is 7.99. The van der Waals surface area contributed by atoms with E-state index < -0.39 is 11.8 Å². The van der Waals surface area contributed by atoms with Crippen molar-refractivity contribution in [3.63, 3.8) is 0 Å². The molecule has 8 nitrogen and oxygen atoms in total. The predicted molar refractivity (Wildman–Crippen MR) is 148 cm³/mol. The largest absolute Gasteiger partial charge is 0.497 e. The molecule has 2 aliphatic heterocycles. The minimum atomic E-state index is -0.964. The molecule has 9 heteroatoms. The molecule has 0 radical (unpaired) electrons. The van der Waals surface area contributed by atoms with E-state index in [-0.39, 0.29) is 30.4 Å². The summed E-state index contributed by atoms with van der Waals surface area (Å²) in [7, 11) is 1.57. The summed E-state index contributed by atoms with van der Waals surface area (Å²) in [4.78, 5) is 44.9. The Hall–Kier alpha value is -3.69. The van der Waals surface area contributed by atoms with Crippen molar-refractivity contribution in [1.29, 1.82) is 0 Å². The summed E-state index contributed by atoms with van der Waals surface area (Å²) in [5.74, 6) is 0.161. The highest BCUT2D eigenvalue weighted by atomic mass is 32.1. The minimum absolute atomic E-state index is 0.0595. The van der Waals surface area contributed by atoms with Crippen molar-refractivity contribution < 1.29 is 23.9 Å². The SMILES string of the molecule is COc1ccc(C(=O)N2C(C(=O)NC(C)c3ccccc3)COC23CCN(C(=O)Cc2cccs2)CC3)cc1. The Balaban J connectivity index is 1.36. The molecule has 5 rings (SSSR count). The van der Waals surface area contributed by atoms with Gasteiger partial charge in [-0.25, -0.2) is 0 Å². The van der Waals surface area contributed by atoms with Gasteiger partial charge in [-0.1, -0.05) is 36.4 Å². The van der Waals surface area contributed by atoms with E-state index in [0.717, 1.165) is 10.4 Å². The third-order valence-corrected chi connectivity index (χ3v) is 8.46. The molecule has 2 aliphatic rings. The van der Waals surface area contributed by atoms with Crippen LogP contribution in [0.3, 0.4) is 0 Å². The van der Waals surface area contributed by atoms with Crippen LogP contribution in [0.2, 0.25) is 0 Å². The maximum Gasteiger partial charge on any atom is 0.256 e. The number of nitrogens with zero attached hydrogens (tertiary/aromatic N) is 2. The summed E-state index contributed by atoms with van der Waals surface area (Å²) >= 11 is 1.57. The number of likely N-dealkylation sites (tertiary alicyclic amines) is 1. The summed E-state index contributed by atoms with van der Waals surface area (Å²) < 4.78 is 11.6. The summed E-state index contributed by atoms with van der Waals surface area (Å²) in [6.07, 6.45) is 1.23. The van der Waals surface area contributed by atoms with Gasteiger partial charge in [0.2, 0.25) is 11.8 Å². The lowest BCUT2D eigenvalue weighted by Gasteiger charge is -2.44. The first kappa shape index (κ1) is 26.9. The molecule has 3 heterocycles. The number of hydrogen-bond acceptors (Lipinski definition) is 6. The highest BCUT2D eigenvalue weighted by Gasteiger charge is 2.54. The molecular formula is C30H33N3O5S. The molecule has 2 fully saturated rings. The molecule has 1 N–H and O–H groups in total. The molecule has 1 aromatic heterocycles. The van der Waals surface area contributed by atoms with E-state index in [1.54, 1.807) is 47.6 Å². The number of nitrogens with one attached hydrogen (secondary N) is 1. The van der Waals surface area contributed by atoms with Crippen molar-refractivity contribution in [2.24, 2.45) is 0 Å². The standard InChI is InChI=1S/C30H33N3O5S/c1-21(22-7-4-3-5-8-22)31-28(35)26-20-38-30(33(26)29(36)23-10-12-24(37-2)13-11-23)14-16-32(17-15-30)27(34)19-25-9-6-18-39-25/h3-13,18,21,26H,14-17,19-20H2,1-2H3,(H,31,35). The number of piperidine rings is 1. The van der Waals surface area contributed by atoms with Crippen molar-refractivity contribution >= 4 is 29.1 Å². The number of hydrogen-bond donors (Lipinski definition) is 1. The van der Waals surface area contributed by atoms with Gasteiger partial charge in [-0.3, -0.25) is 19.3 Å². The number of thiophene rings is 1. The molecule has 2 atom stereocenters. The zero-order valence-electron chi connectivity index (χ0n) is 22.2. The number of methoxy groups -OCH3 is 1. The van der Waals surface area contributed by atoms with Gasteiger partial charge in [0.15, 0.2) is 0 Å². The monoisotopic (exact) mass is 547 g/mol. The predicted octanol–water partition coefficient (Wildman–Crippen LogP) is 4.04. The molecule has 1 spiro atoms. The lowest BCUT2D eigenvalue weighted by molar-refractivity contribution is -0.143. The second-order valence-corrected chi connectivity index (χ2v) is 11.0. The van der Waals surface area contributed by atoms with Gasteiger partial charge >= 0.3 is 0 Å². The summed E-state index contributed by atoms with van der Waals surface area (Å²) in [5, 5.41) is 5.04. The topological polar surface area (TPSA) is 88.2 Å². The van der Waals surface area contributed by atoms with Crippen LogP contribution in [-0.4, -0.2) is 66.1 Å². The first-order valence-electron chi connectivity index (χ1n) is 13.2. The molecule has 0 aliphatic carbocycles. The second-order valence-electron chi connectivity index (χ2n) is 9.95. The van der Waals surface area contributed by atoms with Crippen LogP contribution in [0.15, 0.2) is 72.1 Å². The van der Waals surface area contributed by atoms with Gasteiger partial charge < -0.3 is 19.7 Å². The summed E-state index contributed by atoms with van der Waals surface area (Å²) in [6.45, 7) is 2.92. The van der Waals surface area contributed by atoms with Gasteiger partial charge in [0.1, 0.15) is 17.5 Å². The lowest BCUT2D eigenvalue weighted by atomic mass is 9.96. The van der Waals surface area contributed by atoms with Crippen molar-refractivity contribution in [1.82, 2.24) is 15.1 Å². The maximum atomic E-state index is 14.0. The highest BCUT2D eigenvalue weighted by Crippen LogP contribution is 2.39. The normalized spacial score (nSPS) is 19.1. The van der Waals surface area contributed by atoms with Gasteiger partial charge in [-0.2, -0.15) is 0 Å². The van der Waals surface area contributed by atoms with E-state index in [4.69, 9.17) is 9.47 Å². The molecule has 0 bridgehead atoms. The van der Waals surface area contributed by atoms with E-state index >= 15 is 0 Å². The van der Waals surface area contributed by atoms with E-state index in [1.807, 2.05) is 59.7 Å². The van der Waals surface area contributed by atoms with E-state index in [0.29, 0.717) is 43.7 Å². The fraction of sp³-hybridized carbons (Fsp3) is 0.367. The fourth-order valence-electron chi connectivity index (χ4n) is 5.35. The van der Waals surface area contributed by atoms with Crippen LogP contribution in [0.1, 0.15) is 46.6 Å². The quantitative estimate of drug-likeness (QED) is 0.483. The fourth-order valence-corrected chi connectivity index (χ4v) is 6.05. The van der Waals surface area contributed by atoms with Crippen LogP contribution < -0.4 is 10.1 Å². The average molecular weight is 548 g/mol. The zero-order chi connectivity index (χ0) is 27.4. The Morgan fingerprint density at radius 2 is 1.77 bits per heavy atom. The molecule has 0 saturated carbocycles. The minimum Gasteiger partial charge on any atom is -0.497 e. The van der Waals surface area contributed by atoms with Gasteiger partial charge in [0, 0.05) is 36.4 Å². The van der Waals surface area contributed by atoms with Crippen LogP contribution in [0, 0.1) is 0 Å². The molecule has 2 saturated heterocycles. The van der Waals surface area contributed by atoms with E-state index in [9.17, 15) is 14.4 Å². The Labute approximate surface area is 232 Å². The molecular weight excluding hydrogens is 514 g/mol. The highest BCUT2D eigenvalue weighted by molar-refractivity contribution is 7.10. The number of carbonyl (C=O) groups excluding carboxylic acids is 3. The van der Waals surface area contributed by atoms with Crippen LogP contribution in [-0.2, 0) is 20.7 Å². The van der Waals surface area contributed by atoms with Gasteiger partial charge in [-0.05, 0) is 48.2 Å². The molecule has 2 aromatic carbocycles. The Bertz CT molecular complexity index is 1290. The lowest BCUT2D eigenvalue weighted by Crippen LogP contribution is -2.60. The van der Waals surface area contributed by atoms with E-state index in [2.05, 4.69) is 5.32 Å². The van der Waals surface area contributed by atoms with Gasteiger partial charge in [0.05, 0.1) is 26.2 Å².